The largest absolute Gasteiger partial charge is 0.457 e. The van der Waals surface area contributed by atoms with Crippen molar-refractivity contribution in [1.82, 2.24) is 4.98 Å². The molecular formula is C31H21NO. The molecule has 0 aliphatic carbocycles. The molecule has 156 valence electrons. The first kappa shape index (κ1) is 18.3. The summed E-state index contributed by atoms with van der Waals surface area (Å²) in [4.78, 5) is 3.64. The van der Waals surface area contributed by atoms with Crippen LogP contribution < -0.4 is 4.74 Å². The van der Waals surface area contributed by atoms with E-state index in [4.69, 9.17) is 4.74 Å². The fourth-order valence-corrected chi connectivity index (χ4v) is 5.64. The molecule has 1 aliphatic rings. The fourth-order valence-electron chi connectivity index (χ4n) is 5.64. The van der Waals surface area contributed by atoms with Crippen molar-refractivity contribution in [3.63, 3.8) is 0 Å². The van der Waals surface area contributed by atoms with Gasteiger partial charge in [0.1, 0.15) is 11.5 Å². The van der Waals surface area contributed by atoms with Gasteiger partial charge in [-0.2, -0.15) is 0 Å². The molecule has 0 fully saturated rings. The Morgan fingerprint density at radius 2 is 1.15 bits per heavy atom. The molecule has 33 heavy (non-hydrogen) atoms. The van der Waals surface area contributed by atoms with Gasteiger partial charge in [-0.05, 0) is 35.4 Å². The Bertz CT molecular complexity index is 1590. The monoisotopic (exact) mass is 423 g/mol. The minimum Gasteiger partial charge on any atom is -0.457 e. The Balaban J connectivity index is 1.76. The van der Waals surface area contributed by atoms with Crippen LogP contribution in [0, 0.1) is 0 Å². The van der Waals surface area contributed by atoms with E-state index in [1.807, 2.05) is 0 Å². The second kappa shape index (κ2) is 6.85. The molecular weight excluding hydrogens is 402 g/mol. The normalized spacial score (nSPS) is 13.9. The summed E-state index contributed by atoms with van der Waals surface area (Å²) in [5.74, 6) is 1.80. The molecule has 0 atom stereocenters. The summed E-state index contributed by atoms with van der Waals surface area (Å²) in [7, 11) is 0. The van der Waals surface area contributed by atoms with Gasteiger partial charge in [-0.25, -0.2) is 0 Å². The number of nitrogens with one attached hydrogen (secondary N) is 1. The van der Waals surface area contributed by atoms with E-state index >= 15 is 0 Å². The molecule has 0 spiro atoms. The summed E-state index contributed by atoms with van der Waals surface area (Å²) < 4.78 is 6.59. The van der Waals surface area contributed by atoms with E-state index in [1.54, 1.807) is 0 Å². The van der Waals surface area contributed by atoms with Crippen LogP contribution in [-0.2, 0) is 5.41 Å². The van der Waals surface area contributed by atoms with Crippen molar-refractivity contribution in [3.05, 3.63) is 144 Å². The molecule has 0 saturated carbocycles. The number of para-hydroxylation sites is 2. The third-order valence-electron chi connectivity index (χ3n) is 6.93. The van der Waals surface area contributed by atoms with Crippen molar-refractivity contribution < 1.29 is 4.74 Å². The standard InChI is InChI=1S/C31H21NO/c1-3-11-21(12-4-1)31(22-13-5-2-6-14-22)24-16-8-10-18-27(24)33-28-20-19-26-29(30(28)31)23-15-7-9-17-25(23)32-26/h1-20,32H. The first-order chi connectivity index (χ1) is 16.4. The van der Waals surface area contributed by atoms with Crippen LogP contribution in [0.1, 0.15) is 22.3 Å². The second-order valence-corrected chi connectivity index (χ2v) is 8.61. The lowest BCUT2D eigenvalue weighted by molar-refractivity contribution is 0.437. The predicted molar refractivity (Wildman–Crippen MR) is 134 cm³/mol. The van der Waals surface area contributed by atoms with Crippen molar-refractivity contribution in [1.29, 1.82) is 0 Å². The van der Waals surface area contributed by atoms with Crippen LogP contribution in [0.15, 0.2) is 121 Å². The van der Waals surface area contributed by atoms with E-state index in [2.05, 4.69) is 126 Å². The Hall–Kier alpha value is -4.30. The van der Waals surface area contributed by atoms with Crippen molar-refractivity contribution in [2.45, 2.75) is 5.41 Å². The highest BCUT2D eigenvalue weighted by Crippen LogP contribution is 2.57. The third-order valence-corrected chi connectivity index (χ3v) is 6.93. The zero-order valence-electron chi connectivity index (χ0n) is 18.0. The molecule has 0 bridgehead atoms. The van der Waals surface area contributed by atoms with Crippen LogP contribution in [0.3, 0.4) is 0 Å². The van der Waals surface area contributed by atoms with E-state index in [1.165, 1.54) is 27.5 Å². The summed E-state index contributed by atoms with van der Waals surface area (Å²) in [6.45, 7) is 0. The van der Waals surface area contributed by atoms with Gasteiger partial charge in [-0.15, -0.1) is 0 Å². The van der Waals surface area contributed by atoms with Gasteiger partial charge in [-0.3, -0.25) is 0 Å². The number of hydrogen-bond donors (Lipinski definition) is 1. The molecule has 2 heterocycles. The Labute approximate surface area is 192 Å². The van der Waals surface area contributed by atoms with Crippen molar-refractivity contribution in [2.24, 2.45) is 0 Å². The molecule has 7 rings (SSSR count). The lowest BCUT2D eigenvalue weighted by Gasteiger charge is -2.42. The molecule has 0 saturated heterocycles. The quantitative estimate of drug-likeness (QED) is 0.301. The predicted octanol–water partition coefficient (Wildman–Crippen LogP) is 7.81. The van der Waals surface area contributed by atoms with Crippen molar-refractivity contribution in [2.75, 3.05) is 0 Å². The summed E-state index contributed by atoms with van der Waals surface area (Å²) >= 11 is 0. The van der Waals surface area contributed by atoms with Gasteiger partial charge >= 0.3 is 0 Å². The first-order valence-electron chi connectivity index (χ1n) is 11.3. The maximum absolute atomic E-state index is 6.59. The van der Waals surface area contributed by atoms with E-state index in [0.717, 1.165) is 28.1 Å². The van der Waals surface area contributed by atoms with Crippen LogP contribution in [-0.4, -0.2) is 4.98 Å². The maximum atomic E-state index is 6.59. The second-order valence-electron chi connectivity index (χ2n) is 8.61. The Morgan fingerprint density at radius 3 is 1.91 bits per heavy atom. The lowest BCUT2D eigenvalue weighted by Crippen LogP contribution is -2.34. The van der Waals surface area contributed by atoms with E-state index < -0.39 is 5.41 Å². The van der Waals surface area contributed by atoms with Crippen molar-refractivity contribution in [3.8, 4) is 11.5 Å². The minimum atomic E-state index is -0.517. The van der Waals surface area contributed by atoms with E-state index in [9.17, 15) is 0 Å². The highest BCUT2D eigenvalue weighted by atomic mass is 16.5. The van der Waals surface area contributed by atoms with Crippen LogP contribution in [0.25, 0.3) is 21.8 Å². The maximum Gasteiger partial charge on any atom is 0.133 e. The summed E-state index contributed by atoms with van der Waals surface area (Å²) in [5.41, 5.74) is 6.54. The smallest absolute Gasteiger partial charge is 0.133 e. The average Bonchev–Trinajstić information content (AvgIpc) is 3.27. The molecule has 5 aromatic carbocycles. The SMILES string of the molecule is c1ccc(C2(c3ccccc3)c3ccccc3Oc3ccc4[nH]c5ccccc5c4c32)cc1. The Kier molecular flexibility index (Phi) is 3.80. The lowest BCUT2D eigenvalue weighted by atomic mass is 9.63. The highest BCUT2D eigenvalue weighted by Gasteiger charge is 2.46. The number of hydrogen-bond acceptors (Lipinski definition) is 1. The third kappa shape index (κ3) is 2.43. The number of H-pyrrole nitrogens is 1. The van der Waals surface area contributed by atoms with Crippen LogP contribution in [0.4, 0.5) is 0 Å². The molecule has 2 heteroatoms. The number of rotatable bonds is 2. The first-order valence-corrected chi connectivity index (χ1v) is 11.3. The van der Waals surface area contributed by atoms with E-state index in [0.29, 0.717) is 0 Å². The summed E-state index contributed by atoms with van der Waals surface area (Å²) in [6, 6.07) is 42.9. The molecule has 1 aliphatic heterocycles. The summed E-state index contributed by atoms with van der Waals surface area (Å²) in [6.07, 6.45) is 0. The zero-order chi connectivity index (χ0) is 21.8. The molecule has 0 unspecified atom stereocenters. The molecule has 6 aromatic rings. The van der Waals surface area contributed by atoms with Gasteiger partial charge in [0.2, 0.25) is 0 Å². The number of aromatic nitrogens is 1. The minimum absolute atomic E-state index is 0.517. The highest BCUT2D eigenvalue weighted by molar-refractivity contribution is 6.11. The van der Waals surface area contributed by atoms with Crippen molar-refractivity contribution >= 4 is 21.8 Å². The van der Waals surface area contributed by atoms with Gasteiger partial charge in [0.15, 0.2) is 0 Å². The molecule has 0 amide bonds. The van der Waals surface area contributed by atoms with Gasteiger partial charge in [0, 0.05) is 32.9 Å². The number of benzene rings is 5. The fraction of sp³-hybridized carbons (Fsp3) is 0.0323. The molecule has 1 N–H and O–H groups in total. The zero-order valence-corrected chi connectivity index (χ0v) is 18.0. The number of ether oxygens (including phenoxy) is 1. The number of aromatic amines is 1. The van der Waals surface area contributed by atoms with Gasteiger partial charge < -0.3 is 9.72 Å². The summed E-state index contributed by atoms with van der Waals surface area (Å²) in [5, 5.41) is 2.42. The molecule has 0 radical (unpaired) electrons. The average molecular weight is 424 g/mol. The topological polar surface area (TPSA) is 25.0 Å². The molecule has 1 aromatic heterocycles. The van der Waals surface area contributed by atoms with Crippen LogP contribution >= 0.6 is 0 Å². The molecule has 2 nitrogen and oxygen atoms in total. The number of fused-ring (bicyclic) bond motifs is 6. The van der Waals surface area contributed by atoms with Crippen LogP contribution in [0.5, 0.6) is 11.5 Å². The van der Waals surface area contributed by atoms with Crippen LogP contribution in [0.2, 0.25) is 0 Å². The van der Waals surface area contributed by atoms with E-state index in [-0.39, 0.29) is 0 Å². The Morgan fingerprint density at radius 1 is 0.515 bits per heavy atom. The van der Waals surface area contributed by atoms with Gasteiger partial charge in [0.05, 0.1) is 5.41 Å². The van der Waals surface area contributed by atoms with Gasteiger partial charge in [-0.1, -0.05) is 97.1 Å². The van der Waals surface area contributed by atoms with Gasteiger partial charge in [0.25, 0.3) is 0 Å².